The van der Waals surface area contributed by atoms with E-state index in [4.69, 9.17) is 11.5 Å². The number of amides is 3. The molecule has 164 valence electrons. The summed E-state index contributed by atoms with van der Waals surface area (Å²) in [6, 6.07) is -3.20. The first kappa shape index (κ1) is 30.5. The van der Waals surface area contributed by atoms with Gasteiger partial charge in [-0.3, -0.25) is 9.59 Å². The minimum Gasteiger partial charge on any atom is -0.731 e. The van der Waals surface area contributed by atoms with Crippen LogP contribution in [0.15, 0.2) is 10.5 Å². The van der Waals surface area contributed by atoms with Crippen molar-refractivity contribution in [2.75, 3.05) is 18.9 Å². The van der Waals surface area contributed by atoms with Crippen molar-refractivity contribution >= 4 is 56.4 Å². The third-order valence-electron chi connectivity index (χ3n) is 3.41. The maximum absolute atomic E-state index is 12.5. The monoisotopic (exact) mass is 510 g/mol. The van der Waals surface area contributed by atoms with Crippen LogP contribution < -0.4 is 81.0 Å². The van der Waals surface area contributed by atoms with Crippen LogP contribution in [0.3, 0.4) is 0 Å². The van der Waals surface area contributed by atoms with Crippen molar-refractivity contribution in [3.05, 3.63) is 11.1 Å². The first-order valence-corrected chi connectivity index (χ1v) is 9.79. The summed E-state index contributed by atoms with van der Waals surface area (Å²) in [6.45, 7) is -1.83. The summed E-state index contributed by atoms with van der Waals surface area (Å²) in [5, 5.41) is 17.1. The van der Waals surface area contributed by atoms with Crippen LogP contribution >= 0.6 is 11.3 Å². The number of oxime groups is 1. The van der Waals surface area contributed by atoms with Crippen LogP contribution in [0, 0.1) is 0 Å². The molecule has 0 saturated carbocycles. The Bertz CT molecular complexity index is 1020. The smallest absolute Gasteiger partial charge is 0.731 e. The van der Waals surface area contributed by atoms with Gasteiger partial charge in [-0.05, 0) is 0 Å². The Labute approximate surface area is 228 Å². The van der Waals surface area contributed by atoms with Crippen molar-refractivity contribution in [2.45, 2.75) is 12.1 Å². The second-order valence-corrected chi connectivity index (χ2v) is 7.54. The van der Waals surface area contributed by atoms with Crippen molar-refractivity contribution in [2.24, 2.45) is 10.9 Å². The van der Waals surface area contributed by atoms with Gasteiger partial charge in [0, 0.05) is 5.38 Å². The fourth-order valence-corrected chi connectivity index (χ4v) is 3.64. The topological polar surface area (TPSA) is 260 Å². The molecule has 1 aromatic heterocycles. The number of nitrogens with zero attached hydrogens (tertiary/aromatic N) is 3. The maximum atomic E-state index is 12.5. The SMILES string of the molecule is NC(=O)OC[C@@H]1[C@H](NC(=O)/C(=N\OCC(=O)[O-])c2csc(N)n2)C(=O)N1S(=O)(=O)[O-].[Na+].[Na+]. The number of β-lactam (4-membered cyclic amide) rings is 1. The van der Waals surface area contributed by atoms with Gasteiger partial charge in [-0.15, -0.1) is 11.3 Å². The van der Waals surface area contributed by atoms with Crippen LogP contribution in [-0.2, 0) is 34.3 Å². The standard InChI is InChI=1S/C12H14N6O10S2.2Na/c13-11-15-4(3-29-11)7(17-28-2-6(19)20)9(21)16-8-5(1-27-12(14)23)18(10(8)22)30(24,25)26;;/h3,5,8H,1-2H2,(H2,13,15)(H2,14,23)(H,16,21)(H,19,20)(H,24,25,26);;/q;2*+1/p-2/b17-7-;;/t5-,8+;;/m1../s1. The molecule has 2 heterocycles. The van der Waals surface area contributed by atoms with Gasteiger partial charge < -0.3 is 40.8 Å². The Morgan fingerprint density at radius 2 is 1.97 bits per heavy atom. The van der Waals surface area contributed by atoms with Gasteiger partial charge in [0.15, 0.2) is 27.8 Å². The predicted octanol–water partition coefficient (Wildman–Crippen LogP) is -10.5. The average molecular weight is 510 g/mol. The van der Waals surface area contributed by atoms with Crippen molar-refractivity contribution in [1.82, 2.24) is 14.6 Å². The van der Waals surface area contributed by atoms with Crippen molar-refractivity contribution in [3.8, 4) is 0 Å². The van der Waals surface area contributed by atoms with Gasteiger partial charge in [-0.2, -0.15) is 0 Å². The summed E-state index contributed by atoms with van der Waals surface area (Å²) in [5.41, 5.74) is 9.47. The maximum Gasteiger partial charge on any atom is 1.00 e. The molecule has 2 rings (SSSR count). The van der Waals surface area contributed by atoms with E-state index >= 15 is 0 Å². The van der Waals surface area contributed by atoms with Crippen LogP contribution in [-0.4, -0.2) is 77.1 Å². The number of anilines is 1. The molecule has 0 bridgehead atoms. The van der Waals surface area contributed by atoms with E-state index in [1.54, 1.807) is 0 Å². The van der Waals surface area contributed by atoms with Crippen LogP contribution in [0.5, 0.6) is 0 Å². The van der Waals surface area contributed by atoms with E-state index in [0.717, 1.165) is 11.3 Å². The molecule has 1 aliphatic rings. The second kappa shape index (κ2) is 12.7. The van der Waals surface area contributed by atoms with Gasteiger partial charge in [-0.1, -0.05) is 5.16 Å². The van der Waals surface area contributed by atoms with E-state index in [2.05, 4.69) is 25.0 Å². The Balaban J connectivity index is 0.00000480. The van der Waals surface area contributed by atoms with E-state index in [1.807, 2.05) is 0 Å². The third kappa shape index (κ3) is 7.81. The molecule has 0 radical (unpaired) electrons. The van der Waals surface area contributed by atoms with Gasteiger partial charge in [0.05, 0.1) is 5.97 Å². The van der Waals surface area contributed by atoms with Crippen molar-refractivity contribution in [3.63, 3.8) is 0 Å². The first-order valence-electron chi connectivity index (χ1n) is 7.55. The summed E-state index contributed by atoms with van der Waals surface area (Å²) in [4.78, 5) is 54.0. The second-order valence-electron chi connectivity index (χ2n) is 5.40. The summed E-state index contributed by atoms with van der Waals surface area (Å²) < 4.78 is 37.9. The largest absolute Gasteiger partial charge is 1.00 e. The van der Waals surface area contributed by atoms with Gasteiger partial charge in [0.2, 0.25) is 0 Å². The zero-order valence-corrected chi connectivity index (χ0v) is 22.2. The molecular formula is C12H12N6Na2O10S2. The molecule has 20 heteroatoms. The molecule has 0 unspecified atom stereocenters. The number of aliphatic carboxylic acids is 1. The molecule has 32 heavy (non-hydrogen) atoms. The van der Waals surface area contributed by atoms with Crippen LogP contribution in [0.4, 0.5) is 9.93 Å². The summed E-state index contributed by atoms with van der Waals surface area (Å²) >= 11 is 0.899. The van der Waals surface area contributed by atoms with E-state index in [1.165, 1.54) is 5.38 Å². The molecule has 1 aromatic rings. The summed E-state index contributed by atoms with van der Waals surface area (Å²) in [5.74, 6) is -4.13. The molecule has 2 atom stereocenters. The number of aromatic nitrogens is 1. The number of carbonyl (C=O) groups excluding carboxylic acids is 4. The number of hydrogen-bond acceptors (Lipinski definition) is 14. The number of nitrogens with two attached hydrogens (primary N) is 2. The van der Waals surface area contributed by atoms with E-state index in [0.29, 0.717) is 0 Å². The molecular weight excluding hydrogens is 498 g/mol. The molecule has 1 fully saturated rings. The minimum absolute atomic E-state index is 0. The predicted molar refractivity (Wildman–Crippen MR) is 91.8 cm³/mol. The molecule has 0 aliphatic carbocycles. The number of carboxylic acids is 1. The average Bonchev–Trinajstić information content (AvgIpc) is 3.04. The molecule has 0 spiro atoms. The summed E-state index contributed by atoms with van der Waals surface area (Å²) in [6.07, 6.45) is -1.32. The number of primary amides is 1. The van der Waals surface area contributed by atoms with Crippen LogP contribution in [0.2, 0.25) is 0 Å². The fourth-order valence-electron chi connectivity index (χ4n) is 2.24. The normalized spacial score (nSPS) is 17.8. The van der Waals surface area contributed by atoms with Crippen molar-refractivity contribution in [1.29, 1.82) is 0 Å². The molecule has 5 N–H and O–H groups in total. The molecule has 0 aromatic carbocycles. The molecule has 1 saturated heterocycles. The number of hydrogen-bond donors (Lipinski definition) is 3. The fraction of sp³-hybridized carbons (Fsp3) is 0.333. The number of carbonyl (C=O) groups is 4. The number of ether oxygens (including phenoxy) is 1. The van der Waals surface area contributed by atoms with E-state index < -0.39 is 65.2 Å². The minimum atomic E-state index is -5.28. The summed E-state index contributed by atoms with van der Waals surface area (Å²) in [7, 11) is -5.28. The Morgan fingerprint density at radius 1 is 1.34 bits per heavy atom. The van der Waals surface area contributed by atoms with E-state index in [9.17, 15) is 37.3 Å². The van der Waals surface area contributed by atoms with E-state index in [-0.39, 0.29) is 74.2 Å². The van der Waals surface area contributed by atoms with Gasteiger partial charge in [0.25, 0.3) is 11.8 Å². The number of nitrogens with one attached hydrogen (secondary N) is 1. The molecule has 3 amide bonds. The number of carboxylic acid groups (broad SMARTS) is 1. The van der Waals surface area contributed by atoms with Gasteiger partial charge in [-0.25, -0.2) is 22.5 Å². The number of thiazole rings is 1. The molecule has 16 nitrogen and oxygen atoms in total. The number of nitrogen functional groups attached to an aromatic ring is 1. The van der Waals surface area contributed by atoms with Crippen LogP contribution in [0.1, 0.15) is 5.69 Å². The first-order chi connectivity index (χ1) is 13.9. The quantitative estimate of drug-likeness (QED) is 0.0919. The Kier molecular flexibility index (Phi) is 12.1. The number of rotatable bonds is 9. The third-order valence-corrected chi connectivity index (χ3v) is 5.02. The van der Waals surface area contributed by atoms with Crippen molar-refractivity contribution < 1.29 is 106 Å². The van der Waals surface area contributed by atoms with Gasteiger partial charge >= 0.3 is 65.2 Å². The van der Waals surface area contributed by atoms with Crippen LogP contribution in [0.25, 0.3) is 0 Å². The molecule has 1 aliphatic heterocycles. The Morgan fingerprint density at radius 3 is 2.44 bits per heavy atom. The zero-order valence-electron chi connectivity index (χ0n) is 16.5. The zero-order chi connectivity index (χ0) is 22.6. The van der Waals surface area contributed by atoms with Gasteiger partial charge in [0.1, 0.15) is 24.4 Å². The Hall–Kier alpha value is -1.51.